The molecule has 0 atom stereocenters. The average Bonchev–Trinajstić information content (AvgIpc) is 2.52. The van der Waals surface area contributed by atoms with Crippen molar-refractivity contribution in [2.45, 2.75) is 13.5 Å². The third-order valence-corrected chi connectivity index (χ3v) is 3.51. The summed E-state index contributed by atoms with van der Waals surface area (Å²) in [5.41, 5.74) is 0.657. The fourth-order valence-electron chi connectivity index (χ4n) is 2.04. The average molecular weight is 379 g/mol. The van der Waals surface area contributed by atoms with Crippen molar-refractivity contribution in [1.29, 1.82) is 0 Å². The van der Waals surface area contributed by atoms with Gasteiger partial charge in [0.2, 0.25) is 0 Å². The van der Waals surface area contributed by atoms with Crippen molar-refractivity contribution in [1.82, 2.24) is 0 Å². The maximum atomic E-state index is 11.9. The highest BCUT2D eigenvalue weighted by molar-refractivity contribution is 9.10. The van der Waals surface area contributed by atoms with E-state index in [1.165, 1.54) is 12.1 Å². The van der Waals surface area contributed by atoms with Crippen molar-refractivity contribution in [3.05, 3.63) is 63.6 Å². The summed E-state index contributed by atoms with van der Waals surface area (Å²) in [6.07, 6.45) is 0. The lowest BCUT2D eigenvalue weighted by Crippen LogP contribution is -2.13. The summed E-state index contributed by atoms with van der Waals surface area (Å²) in [4.78, 5) is 23.4. The number of carboxylic acids is 1. The van der Waals surface area contributed by atoms with Gasteiger partial charge in [0.25, 0.3) is 0 Å². The molecule has 0 fully saturated rings. The second-order valence-electron chi connectivity index (χ2n) is 4.62. The summed E-state index contributed by atoms with van der Waals surface area (Å²) < 4.78 is 11.4. The Morgan fingerprint density at radius 2 is 1.91 bits per heavy atom. The summed E-state index contributed by atoms with van der Waals surface area (Å²) in [5.74, 6) is -1.79. The molecule has 0 aliphatic rings. The number of carbonyl (C=O) groups excluding carboxylic acids is 1. The molecule has 0 unspecified atom stereocenters. The zero-order valence-corrected chi connectivity index (χ0v) is 14.0. The van der Waals surface area contributed by atoms with E-state index in [1.807, 2.05) is 24.3 Å². The van der Waals surface area contributed by atoms with Crippen molar-refractivity contribution in [2.75, 3.05) is 6.61 Å². The van der Waals surface area contributed by atoms with Gasteiger partial charge in [-0.15, -0.1) is 0 Å². The van der Waals surface area contributed by atoms with Crippen LogP contribution >= 0.6 is 15.9 Å². The van der Waals surface area contributed by atoms with Crippen LogP contribution in [0.2, 0.25) is 0 Å². The molecule has 0 radical (unpaired) electrons. The molecule has 5 nitrogen and oxygen atoms in total. The quantitative estimate of drug-likeness (QED) is 0.771. The van der Waals surface area contributed by atoms with E-state index in [4.69, 9.17) is 9.47 Å². The minimum absolute atomic E-state index is 0.0221. The van der Waals surface area contributed by atoms with Crippen molar-refractivity contribution >= 4 is 27.9 Å². The Labute approximate surface area is 142 Å². The van der Waals surface area contributed by atoms with Crippen LogP contribution < -0.4 is 4.74 Å². The number of hydrogen-bond donors (Lipinski definition) is 1. The molecule has 0 aliphatic heterocycles. The van der Waals surface area contributed by atoms with E-state index < -0.39 is 11.9 Å². The maximum Gasteiger partial charge on any atom is 0.340 e. The molecule has 0 amide bonds. The number of rotatable bonds is 6. The topological polar surface area (TPSA) is 72.8 Å². The molecule has 2 aromatic carbocycles. The van der Waals surface area contributed by atoms with Gasteiger partial charge in [0.1, 0.15) is 17.9 Å². The number of esters is 1. The summed E-state index contributed by atoms with van der Waals surface area (Å²) in [7, 11) is 0. The smallest absolute Gasteiger partial charge is 0.340 e. The predicted molar refractivity (Wildman–Crippen MR) is 87.8 cm³/mol. The van der Waals surface area contributed by atoms with Crippen LogP contribution in [0.3, 0.4) is 0 Å². The monoisotopic (exact) mass is 378 g/mol. The largest absolute Gasteiger partial charge is 0.488 e. The zero-order valence-electron chi connectivity index (χ0n) is 12.4. The molecule has 23 heavy (non-hydrogen) atoms. The lowest BCUT2D eigenvalue weighted by atomic mass is 10.1. The summed E-state index contributed by atoms with van der Waals surface area (Å²) in [6.45, 7) is 2.01. The fraction of sp³-hybridized carbons (Fsp3) is 0.176. The van der Waals surface area contributed by atoms with Crippen LogP contribution in [0.25, 0.3) is 0 Å². The fourth-order valence-corrected chi connectivity index (χ4v) is 2.49. The van der Waals surface area contributed by atoms with E-state index >= 15 is 0 Å². The van der Waals surface area contributed by atoms with Gasteiger partial charge in [-0.05, 0) is 36.8 Å². The molecule has 0 heterocycles. The van der Waals surface area contributed by atoms with E-state index in [9.17, 15) is 14.7 Å². The van der Waals surface area contributed by atoms with Crippen molar-refractivity contribution in [3.8, 4) is 5.75 Å². The Morgan fingerprint density at radius 3 is 2.57 bits per heavy atom. The number of aromatic carboxylic acids is 1. The molecule has 0 spiro atoms. The summed E-state index contributed by atoms with van der Waals surface area (Å²) in [5, 5.41) is 9.41. The van der Waals surface area contributed by atoms with Crippen LogP contribution in [0.1, 0.15) is 33.2 Å². The lowest BCUT2D eigenvalue weighted by Gasteiger charge is -2.12. The van der Waals surface area contributed by atoms with Crippen LogP contribution in [0.5, 0.6) is 5.75 Å². The van der Waals surface area contributed by atoms with Gasteiger partial charge in [-0.1, -0.05) is 34.1 Å². The molecule has 0 saturated heterocycles. The standard InChI is InChI=1S/C17H15BrO5/c1-2-22-17(21)13-7-4-8-14(15(13)16(19)20)23-10-11-5-3-6-12(18)9-11/h3-9H,2,10H2,1H3,(H,19,20). The van der Waals surface area contributed by atoms with E-state index in [0.29, 0.717) is 0 Å². The van der Waals surface area contributed by atoms with Crippen LogP contribution in [-0.4, -0.2) is 23.7 Å². The van der Waals surface area contributed by atoms with Gasteiger partial charge in [-0.2, -0.15) is 0 Å². The first-order valence-corrected chi connectivity index (χ1v) is 7.73. The minimum Gasteiger partial charge on any atom is -0.488 e. The first kappa shape index (κ1) is 17.0. The Hall–Kier alpha value is -2.34. The van der Waals surface area contributed by atoms with Gasteiger partial charge < -0.3 is 14.6 Å². The third kappa shape index (κ3) is 4.32. The first-order valence-electron chi connectivity index (χ1n) is 6.93. The van der Waals surface area contributed by atoms with Gasteiger partial charge in [0, 0.05) is 4.47 Å². The number of carbonyl (C=O) groups is 2. The second kappa shape index (κ2) is 7.78. The highest BCUT2D eigenvalue weighted by Gasteiger charge is 2.22. The van der Waals surface area contributed by atoms with Crippen molar-refractivity contribution in [3.63, 3.8) is 0 Å². The molecule has 0 bridgehead atoms. The molecule has 0 saturated carbocycles. The highest BCUT2D eigenvalue weighted by atomic mass is 79.9. The molecule has 2 aromatic rings. The molecule has 0 aliphatic carbocycles. The molecule has 120 valence electrons. The normalized spacial score (nSPS) is 10.2. The number of carboxylic acid groups (broad SMARTS) is 1. The van der Waals surface area contributed by atoms with Gasteiger partial charge in [-0.25, -0.2) is 9.59 Å². The van der Waals surface area contributed by atoms with Gasteiger partial charge >= 0.3 is 11.9 Å². The highest BCUT2D eigenvalue weighted by Crippen LogP contribution is 2.25. The van der Waals surface area contributed by atoms with E-state index in [2.05, 4.69) is 15.9 Å². The molecule has 2 rings (SSSR count). The van der Waals surface area contributed by atoms with Gasteiger partial charge in [-0.3, -0.25) is 0 Å². The van der Waals surface area contributed by atoms with Gasteiger partial charge in [0.05, 0.1) is 12.2 Å². The molecule has 1 N–H and O–H groups in total. The van der Waals surface area contributed by atoms with Crippen LogP contribution in [0, 0.1) is 0 Å². The van der Waals surface area contributed by atoms with Crippen LogP contribution in [0.4, 0.5) is 0 Å². The van der Waals surface area contributed by atoms with Crippen LogP contribution in [-0.2, 0) is 11.3 Å². The van der Waals surface area contributed by atoms with Crippen LogP contribution in [0.15, 0.2) is 46.9 Å². The molecular formula is C17H15BrO5. The van der Waals surface area contributed by atoms with E-state index in [1.54, 1.807) is 13.0 Å². The Balaban J connectivity index is 2.29. The Kier molecular flexibility index (Phi) is 5.76. The van der Waals surface area contributed by atoms with Gasteiger partial charge in [0.15, 0.2) is 0 Å². The number of ether oxygens (including phenoxy) is 2. The van der Waals surface area contributed by atoms with Crippen molar-refractivity contribution < 1.29 is 24.2 Å². The SMILES string of the molecule is CCOC(=O)c1cccc(OCc2cccc(Br)c2)c1C(=O)O. The summed E-state index contributed by atoms with van der Waals surface area (Å²) >= 11 is 3.36. The number of halogens is 1. The predicted octanol–water partition coefficient (Wildman–Crippen LogP) is 3.90. The second-order valence-corrected chi connectivity index (χ2v) is 5.54. The maximum absolute atomic E-state index is 11.9. The number of benzene rings is 2. The van der Waals surface area contributed by atoms with E-state index in [-0.39, 0.29) is 30.1 Å². The Morgan fingerprint density at radius 1 is 1.17 bits per heavy atom. The Bertz CT molecular complexity index is 727. The zero-order chi connectivity index (χ0) is 16.8. The number of hydrogen-bond acceptors (Lipinski definition) is 4. The van der Waals surface area contributed by atoms with Crippen molar-refractivity contribution in [2.24, 2.45) is 0 Å². The lowest BCUT2D eigenvalue weighted by molar-refractivity contribution is 0.0513. The summed E-state index contributed by atoms with van der Waals surface area (Å²) in [6, 6.07) is 12.0. The minimum atomic E-state index is -1.24. The first-order chi connectivity index (χ1) is 11.0. The molecule has 6 heteroatoms. The van der Waals surface area contributed by atoms with E-state index in [0.717, 1.165) is 10.0 Å². The third-order valence-electron chi connectivity index (χ3n) is 3.02. The molecular weight excluding hydrogens is 364 g/mol. The molecule has 0 aromatic heterocycles.